The number of benzene rings is 1. The zero-order valence-electron chi connectivity index (χ0n) is 17.0. The molecule has 1 aliphatic heterocycles. The fourth-order valence-corrected chi connectivity index (χ4v) is 3.51. The third-order valence-electron chi connectivity index (χ3n) is 4.34. The fourth-order valence-electron chi connectivity index (χ4n) is 3.02. The highest BCUT2D eigenvalue weighted by atomic mass is 79.9. The number of piperidine rings is 1. The van der Waals surface area contributed by atoms with Gasteiger partial charge in [-0.15, -0.1) is 0 Å². The third-order valence-corrected chi connectivity index (χ3v) is 5.20. The maximum Gasteiger partial charge on any atom is 0.410 e. The van der Waals surface area contributed by atoms with Gasteiger partial charge in [-0.3, -0.25) is 14.5 Å². The van der Waals surface area contributed by atoms with Crippen molar-refractivity contribution in [3.8, 4) is 5.75 Å². The maximum absolute atomic E-state index is 13.5. The Morgan fingerprint density at radius 2 is 2.00 bits per heavy atom. The van der Waals surface area contributed by atoms with E-state index in [2.05, 4.69) is 21.2 Å². The second-order valence-electron chi connectivity index (χ2n) is 7.95. The molecule has 7 nitrogen and oxygen atoms in total. The topological polar surface area (TPSA) is 84.9 Å². The van der Waals surface area contributed by atoms with Crippen LogP contribution in [0.5, 0.6) is 5.75 Å². The summed E-state index contributed by atoms with van der Waals surface area (Å²) in [6, 6.07) is 2.91. The van der Waals surface area contributed by atoms with Gasteiger partial charge < -0.3 is 14.8 Å². The van der Waals surface area contributed by atoms with E-state index in [1.165, 1.54) is 17.0 Å². The molecule has 166 valence electrons. The molecule has 1 aromatic carbocycles. The Balaban J connectivity index is 1.96. The Labute approximate surface area is 188 Å². The van der Waals surface area contributed by atoms with E-state index in [0.717, 1.165) is 6.07 Å². The Hall–Kier alpha value is -1.87. The minimum atomic E-state index is -0.711. The first-order valence-corrected chi connectivity index (χ1v) is 11.0. The van der Waals surface area contributed by atoms with E-state index in [0.29, 0.717) is 12.8 Å². The van der Waals surface area contributed by atoms with E-state index in [1.54, 1.807) is 20.8 Å². The third kappa shape index (κ3) is 7.12. The van der Waals surface area contributed by atoms with Crippen molar-refractivity contribution in [3.05, 3.63) is 29.0 Å². The van der Waals surface area contributed by atoms with Crippen molar-refractivity contribution in [3.63, 3.8) is 0 Å². The zero-order valence-corrected chi connectivity index (χ0v) is 19.4. The van der Waals surface area contributed by atoms with Crippen LogP contribution in [0.3, 0.4) is 0 Å². The quantitative estimate of drug-likeness (QED) is 0.594. The van der Waals surface area contributed by atoms with Crippen molar-refractivity contribution in [1.82, 2.24) is 10.2 Å². The lowest BCUT2D eigenvalue weighted by Gasteiger charge is -2.39. The number of hydrogen-bond donors (Lipinski definition) is 1. The predicted molar refractivity (Wildman–Crippen MR) is 114 cm³/mol. The number of hydrogen-bond acceptors (Lipinski definition) is 5. The number of amides is 2. The van der Waals surface area contributed by atoms with E-state index < -0.39 is 29.5 Å². The van der Waals surface area contributed by atoms with E-state index in [1.807, 2.05) is 0 Å². The first-order chi connectivity index (χ1) is 14.0. The standard InChI is InChI=1S/C20H25BrClFN2O5/c1-20(2,3)30-19(28)25-10-12(4-7-16(25)17(26)9-21)24-18(27)11-29-13-5-6-14(22)15(23)8-13/h5-6,8,12,16H,4,7,9-11H2,1-3H3,(H,24,27)/t12-,16+/m0/s1. The van der Waals surface area contributed by atoms with Crippen LogP contribution in [0.2, 0.25) is 5.02 Å². The first kappa shape index (κ1) is 24.4. The van der Waals surface area contributed by atoms with Crippen molar-refractivity contribution in [2.24, 2.45) is 0 Å². The van der Waals surface area contributed by atoms with Gasteiger partial charge in [0.2, 0.25) is 0 Å². The Kier molecular flexibility index (Phi) is 8.49. The van der Waals surface area contributed by atoms with Gasteiger partial charge in [0.1, 0.15) is 17.2 Å². The molecule has 1 fully saturated rings. The monoisotopic (exact) mass is 506 g/mol. The van der Waals surface area contributed by atoms with Crippen LogP contribution in [0.15, 0.2) is 18.2 Å². The number of likely N-dealkylation sites (tertiary alicyclic amines) is 1. The van der Waals surface area contributed by atoms with Crippen LogP contribution in [0.1, 0.15) is 33.6 Å². The summed E-state index contributed by atoms with van der Waals surface area (Å²) < 4.78 is 24.2. The Morgan fingerprint density at radius 1 is 1.30 bits per heavy atom. The van der Waals surface area contributed by atoms with Crippen molar-refractivity contribution >= 4 is 45.3 Å². The molecule has 0 bridgehead atoms. The number of ether oxygens (including phenoxy) is 2. The van der Waals surface area contributed by atoms with Gasteiger partial charge in [0.05, 0.1) is 16.4 Å². The highest BCUT2D eigenvalue weighted by molar-refractivity contribution is 9.09. The molecular weight excluding hydrogens is 483 g/mol. The Morgan fingerprint density at radius 3 is 2.60 bits per heavy atom. The molecule has 2 atom stereocenters. The lowest BCUT2D eigenvalue weighted by atomic mass is 9.96. The van der Waals surface area contributed by atoms with Crippen LogP contribution in [-0.2, 0) is 14.3 Å². The van der Waals surface area contributed by atoms with Crippen LogP contribution in [0.4, 0.5) is 9.18 Å². The molecule has 1 N–H and O–H groups in total. The van der Waals surface area contributed by atoms with Gasteiger partial charge in [0, 0.05) is 18.7 Å². The van der Waals surface area contributed by atoms with Crippen LogP contribution in [0, 0.1) is 5.82 Å². The average Bonchev–Trinajstić information content (AvgIpc) is 2.67. The van der Waals surface area contributed by atoms with Gasteiger partial charge in [0.25, 0.3) is 5.91 Å². The number of ketones is 1. The predicted octanol–water partition coefficient (Wildman–Crippen LogP) is 3.71. The summed E-state index contributed by atoms with van der Waals surface area (Å²) in [5, 5.41) is 2.87. The lowest BCUT2D eigenvalue weighted by molar-refractivity contribution is -0.125. The number of nitrogens with one attached hydrogen (secondary N) is 1. The fraction of sp³-hybridized carbons (Fsp3) is 0.550. The van der Waals surface area contributed by atoms with Crippen LogP contribution >= 0.6 is 27.5 Å². The van der Waals surface area contributed by atoms with Gasteiger partial charge in [-0.05, 0) is 45.7 Å². The van der Waals surface area contributed by atoms with Crippen LogP contribution in [0.25, 0.3) is 0 Å². The van der Waals surface area contributed by atoms with Crippen molar-refractivity contribution in [2.75, 3.05) is 18.5 Å². The molecule has 0 aromatic heterocycles. The molecule has 10 heteroatoms. The minimum Gasteiger partial charge on any atom is -0.484 e. The molecule has 0 spiro atoms. The van der Waals surface area contributed by atoms with Gasteiger partial charge in [-0.2, -0.15) is 0 Å². The van der Waals surface area contributed by atoms with E-state index >= 15 is 0 Å². The van der Waals surface area contributed by atoms with E-state index in [-0.39, 0.29) is 41.1 Å². The molecule has 0 aliphatic carbocycles. The highest BCUT2D eigenvalue weighted by Crippen LogP contribution is 2.23. The number of alkyl halides is 1. The first-order valence-electron chi connectivity index (χ1n) is 9.45. The number of rotatable bonds is 6. The molecule has 0 unspecified atom stereocenters. The summed E-state index contributed by atoms with van der Waals surface area (Å²) in [6.45, 7) is 5.04. The maximum atomic E-state index is 13.5. The molecule has 1 saturated heterocycles. The number of nitrogens with zero attached hydrogens (tertiary/aromatic N) is 1. The second-order valence-corrected chi connectivity index (χ2v) is 8.92. The molecule has 2 amide bonds. The normalized spacial score (nSPS) is 19.2. The molecule has 0 radical (unpaired) electrons. The highest BCUT2D eigenvalue weighted by Gasteiger charge is 2.38. The molecule has 1 aromatic rings. The SMILES string of the molecule is CC(C)(C)OC(=O)N1C[C@@H](NC(=O)COc2ccc(Cl)c(F)c2)CC[C@@H]1C(=O)CBr. The van der Waals surface area contributed by atoms with Crippen LogP contribution < -0.4 is 10.1 Å². The smallest absolute Gasteiger partial charge is 0.410 e. The van der Waals surface area contributed by atoms with Crippen molar-refractivity contribution in [1.29, 1.82) is 0 Å². The second kappa shape index (κ2) is 10.4. The van der Waals surface area contributed by atoms with E-state index in [4.69, 9.17) is 21.1 Å². The summed E-state index contributed by atoms with van der Waals surface area (Å²) >= 11 is 8.76. The van der Waals surface area contributed by atoms with Crippen molar-refractivity contribution < 1.29 is 28.2 Å². The summed E-state index contributed by atoms with van der Waals surface area (Å²) in [4.78, 5) is 38.4. The number of carbonyl (C=O) groups excluding carboxylic acids is 3. The summed E-state index contributed by atoms with van der Waals surface area (Å²) in [5.41, 5.74) is -0.711. The largest absolute Gasteiger partial charge is 0.484 e. The number of carbonyl (C=O) groups is 3. The molecule has 2 rings (SSSR count). The average molecular weight is 508 g/mol. The van der Waals surface area contributed by atoms with Crippen molar-refractivity contribution in [2.45, 2.75) is 51.3 Å². The molecule has 30 heavy (non-hydrogen) atoms. The Bertz CT molecular complexity index is 802. The number of Topliss-reactive ketones (excluding diaryl/α,β-unsaturated/α-hetero) is 1. The van der Waals surface area contributed by atoms with Crippen LogP contribution in [-0.4, -0.2) is 58.9 Å². The molecular formula is C20H25BrClFN2O5. The van der Waals surface area contributed by atoms with Gasteiger partial charge in [-0.1, -0.05) is 27.5 Å². The zero-order chi connectivity index (χ0) is 22.5. The van der Waals surface area contributed by atoms with Gasteiger partial charge >= 0.3 is 6.09 Å². The summed E-state index contributed by atoms with van der Waals surface area (Å²) in [6.07, 6.45) is 0.315. The number of halogens is 3. The lowest BCUT2D eigenvalue weighted by Crippen LogP contribution is -2.57. The van der Waals surface area contributed by atoms with Gasteiger partial charge in [-0.25, -0.2) is 9.18 Å². The van der Waals surface area contributed by atoms with E-state index in [9.17, 15) is 18.8 Å². The van der Waals surface area contributed by atoms with Gasteiger partial charge in [0.15, 0.2) is 12.4 Å². The summed E-state index contributed by atoms with van der Waals surface area (Å²) in [5.74, 6) is -1.02. The molecule has 1 aliphatic rings. The molecule has 0 saturated carbocycles. The molecule has 1 heterocycles. The minimum absolute atomic E-state index is 0.0381. The summed E-state index contributed by atoms with van der Waals surface area (Å²) in [7, 11) is 0.